The van der Waals surface area contributed by atoms with Gasteiger partial charge in [-0.15, -0.1) is 0 Å². The van der Waals surface area contributed by atoms with Crippen LogP contribution in [0.3, 0.4) is 0 Å². The highest BCUT2D eigenvalue weighted by Crippen LogP contribution is 2.18. The maximum atomic E-state index is 5.85. The molecular formula is C20H25NO3. The lowest BCUT2D eigenvalue weighted by Gasteiger charge is -2.32. The smallest absolute Gasteiger partial charge is 0.119 e. The van der Waals surface area contributed by atoms with Gasteiger partial charge in [0.05, 0.1) is 13.7 Å². The molecule has 1 atom stereocenters. The van der Waals surface area contributed by atoms with Crippen LogP contribution < -0.4 is 9.47 Å². The van der Waals surface area contributed by atoms with Crippen LogP contribution in [0.4, 0.5) is 0 Å². The van der Waals surface area contributed by atoms with Gasteiger partial charge in [-0.3, -0.25) is 4.90 Å². The van der Waals surface area contributed by atoms with Crippen molar-refractivity contribution in [1.82, 2.24) is 4.90 Å². The van der Waals surface area contributed by atoms with Gasteiger partial charge in [0, 0.05) is 19.6 Å². The Morgan fingerprint density at radius 1 is 1.04 bits per heavy atom. The Bertz CT molecular complexity index is 624. The zero-order valence-electron chi connectivity index (χ0n) is 14.4. The Labute approximate surface area is 144 Å². The summed E-state index contributed by atoms with van der Waals surface area (Å²) in [5, 5.41) is 0. The van der Waals surface area contributed by atoms with Crippen LogP contribution in [-0.4, -0.2) is 44.4 Å². The lowest BCUT2D eigenvalue weighted by atomic mass is 10.1. The van der Waals surface area contributed by atoms with E-state index >= 15 is 0 Å². The predicted octanol–water partition coefficient (Wildman–Crippen LogP) is 3.28. The molecule has 1 heterocycles. The van der Waals surface area contributed by atoms with E-state index in [1.54, 1.807) is 7.11 Å². The number of aryl methyl sites for hydroxylation is 1. The molecule has 24 heavy (non-hydrogen) atoms. The highest BCUT2D eigenvalue weighted by atomic mass is 16.5. The van der Waals surface area contributed by atoms with E-state index in [1.165, 1.54) is 11.1 Å². The van der Waals surface area contributed by atoms with Gasteiger partial charge in [0.15, 0.2) is 0 Å². The molecule has 4 nitrogen and oxygen atoms in total. The Hall–Kier alpha value is -2.04. The van der Waals surface area contributed by atoms with Crippen molar-refractivity contribution in [2.24, 2.45) is 0 Å². The first-order valence-electron chi connectivity index (χ1n) is 8.39. The fourth-order valence-electron chi connectivity index (χ4n) is 2.84. The van der Waals surface area contributed by atoms with E-state index in [-0.39, 0.29) is 6.10 Å². The third-order valence-electron chi connectivity index (χ3n) is 4.25. The normalized spacial score (nSPS) is 18.3. The molecule has 2 aromatic rings. The summed E-state index contributed by atoms with van der Waals surface area (Å²) >= 11 is 0. The molecule has 4 heteroatoms. The Balaban J connectivity index is 1.48. The van der Waals surface area contributed by atoms with Gasteiger partial charge in [-0.1, -0.05) is 29.8 Å². The average Bonchev–Trinajstić information content (AvgIpc) is 2.63. The molecule has 128 valence electrons. The van der Waals surface area contributed by atoms with Gasteiger partial charge in [0.1, 0.15) is 24.2 Å². The minimum absolute atomic E-state index is 0.103. The molecule has 1 saturated heterocycles. The topological polar surface area (TPSA) is 30.9 Å². The average molecular weight is 327 g/mol. The molecule has 0 aromatic heterocycles. The van der Waals surface area contributed by atoms with Gasteiger partial charge >= 0.3 is 0 Å². The van der Waals surface area contributed by atoms with Crippen molar-refractivity contribution in [3.63, 3.8) is 0 Å². The van der Waals surface area contributed by atoms with E-state index < -0.39 is 0 Å². The standard InChI is InChI=1S/C20H25NO3/c1-16-3-5-17(6-4-16)13-21-11-12-23-20(14-21)15-24-19-9-7-18(22-2)8-10-19/h3-10,20H,11-15H2,1-2H3/t20-/m0/s1. The summed E-state index contributed by atoms with van der Waals surface area (Å²) in [4.78, 5) is 2.43. The van der Waals surface area contributed by atoms with E-state index in [0.717, 1.165) is 37.7 Å². The van der Waals surface area contributed by atoms with Crippen LogP contribution >= 0.6 is 0 Å². The van der Waals surface area contributed by atoms with Gasteiger partial charge in [-0.05, 0) is 36.8 Å². The zero-order valence-corrected chi connectivity index (χ0v) is 14.4. The summed E-state index contributed by atoms with van der Waals surface area (Å²) in [6.45, 7) is 6.25. The second kappa shape index (κ2) is 8.18. The first kappa shape index (κ1) is 16.8. The number of hydrogen-bond donors (Lipinski definition) is 0. The minimum Gasteiger partial charge on any atom is -0.497 e. The SMILES string of the molecule is COc1ccc(OC[C@@H]2CN(Cc3ccc(C)cc3)CCO2)cc1. The quantitative estimate of drug-likeness (QED) is 0.815. The van der Waals surface area contributed by atoms with Crippen LogP contribution in [-0.2, 0) is 11.3 Å². The van der Waals surface area contributed by atoms with Gasteiger partial charge in [-0.2, -0.15) is 0 Å². The number of morpholine rings is 1. The van der Waals surface area contributed by atoms with Gasteiger partial charge < -0.3 is 14.2 Å². The van der Waals surface area contributed by atoms with Gasteiger partial charge in [-0.25, -0.2) is 0 Å². The van der Waals surface area contributed by atoms with Crippen LogP contribution in [0.25, 0.3) is 0 Å². The number of benzene rings is 2. The van der Waals surface area contributed by atoms with E-state index in [9.17, 15) is 0 Å². The molecular weight excluding hydrogens is 302 g/mol. The van der Waals surface area contributed by atoms with Crippen LogP contribution in [0, 0.1) is 6.92 Å². The zero-order chi connectivity index (χ0) is 16.8. The molecule has 0 radical (unpaired) electrons. The molecule has 1 aliphatic heterocycles. The van der Waals surface area contributed by atoms with E-state index in [2.05, 4.69) is 36.1 Å². The van der Waals surface area contributed by atoms with Gasteiger partial charge in [0.2, 0.25) is 0 Å². The number of hydrogen-bond acceptors (Lipinski definition) is 4. The first-order valence-corrected chi connectivity index (χ1v) is 8.39. The molecule has 0 aliphatic carbocycles. The van der Waals surface area contributed by atoms with Crippen LogP contribution in [0.15, 0.2) is 48.5 Å². The maximum absolute atomic E-state index is 5.85. The lowest BCUT2D eigenvalue weighted by Crippen LogP contribution is -2.44. The van der Waals surface area contributed by atoms with Gasteiger partial charge in [0.25, 0.3) is 0 Å². The summed E-state index contributed by atoms with van der Waals surface area (Å²) in [6.07, 6.45) is 0.103. The summed E-state index contributed by atoms with van der Waals surface area (Å²) in [7, 11) is 1.66. The van der Waals surface area contributed by atoms with Crippen molar-refractivity contribution in [1.29, 1.82) is 0 Å². The van der Waals surface area contributed by atoms with Crippen LogP contribution in [0.2, 0.25) is 0 Å². The Kier molecular flexibility index (Phi) is 5.72. The van der Waals surface area contributed by atoms with Crippen molar-refractivity contribution >= 4 is 0 Å². The van der Waals surface area contributed by atoms with Crippen molar-refractivity contribution in [3.05, 3.63) is 59.7 Å². The maximum Gasteiger partial charge on any atom is 0.119 e. The summed E-state index contributed by atoms with van der Waals surface area (Å²) in [6, 6.07) is 16.4. The number of nitrogens with zero attached hydrogens (tertiary/aromatic N) is 1. The second-order valence-corrected chi connectivity index (χ2v) is 6.20. The third-order valence-corrected chi connectivity index (χ3v) is 4.25. The lowest BCUT2D eigenvalue weighted by molar-refractivity contribution is -0.0504. The van der Waals surface area contributed by atoms with Crippen molar-refractivity contribution < 1.29 is 14.2 Å². The Morgan fingerprint density at radius 2 is 1.75 bits per heavy atom. The summed E-state index contributed by atoms with van der Waals surface area (Å²) in [5.74, 6) is 1.68. The molecule has 1 aliphatic rings. The van der Waals surface area contributed by atoms with Crippen molar-refractivity contribution in [2.45, 2.75) is 19.6 Å². The molecule has 3 rings (SSSR count). The molecule has 0 saturated carbocycles. The highest BCUT2D eigenvalue weighted by Gasteiger charge is 2.21. The van der Waals surface area contributed by atoms with E-state index in [4.69, 9.17) is 14.2 Å². The minimum atomic E-state index is 0.103. The molecule has 0 unspecified atom stereocenters. The van der Waals surface area contributed by atoms with E-state index in [0.29, 0.717) is 6.61 Å². The molecule has 0 amide bonds. The number of ether oxygens (including phenoxy) is 3. The molecule has 1 fully saturated rings. The fraction of sp³-hybridized carbons (Fsp3) is 0.400. The third kappa shape index (κ3) is 4.73. The first-order chi connectivity index (χ1) is 11.7. The molecule has 2 aromatic carbocycles. The van der Waals surface area contributed by atoms with E-state index in [1.807, 2.05) is 24.3 Å². The van der Waals surface area contributed by atoms with Crippen molar-refractivity contribution in [3.8, 4) is 11.5 Å². The number of rotatable bonds is 6. The monoisotopic (exact) mass is 327 g/mol. The highest BCUT2D eigenvalue weighted by molar-refractivity contribution is 5.31. The summed E-state index contributed by atoms with van der Waals surface area (Å²) in [5.41, 5.74) is 2.64. The second-order valence-electron chi connectivity index (χ2n) is 6.20. The predicted molar refractivity (Wildman–Crippen MR) is 94.7 cm³/mol. The molecule has 0 bridgehead atoms. The fourth-order valence-corrected chi connectivity index (χ4v) is 2.84. The summed E-state index contributed by atoms with van der Waals surface area (Å²) < 4.78 is 16.8. The molecule has 0 N–H and O–H groups in total. The van der Waals surface area contributed by atoms with Crippen LogP contribution in [0.5, 0.6) is 11.5 Å². The van der Waals surface area contributed by atoms with Crippen molar-refractivity contribution in [2.75, 3.05) is 33.4 Å². The van der Waals surface area contributed by atoms with Crippen LogP contribution in [0.1, 0.15) is 11.1 Å². The largest absolute Gasteiger partial charge is 0.497 e. The molecule has 0 spiro atoms. The Morgan fingerprint density at radius 3 is 2.46 bits per heavy atom. The number of methoxy groups -OCH3 is 1.